The topological polar surface area (TPSA) is 15.7 Å². The Morgan fingerprint density at radius 2 is 1.80 bits per heavy atom. The van der Waals surface area contributed by atoms with Crippen LogP contribution in [-0.4, -0.2) is 54.0 Å². The van der Waals surface area contributed by atoms with E-state index in [2.05, 4.69) is 37.8 Å². The minimum Gasteiger partial charge on any atom is -0.380 e. The Labute approximate surface area is 106 Å². The molecule has 0 aromatic heterocycles. The molecule has 3 nitrogen and oxygen atoms in total. The number of rotatable bonds is 2. The van der Waals surface area contributed by atoms with Gasteiger partial charge in [-0.3, -0.25) is 0 Å². The Balaban J connectivity index is 1.54. The summed E-state index contributed by atoms with van der Waals surface area (Å²) >= 11 is 2.47. The van der Waals surface area contributed by atoms with Gasteiger partial charge in [-0.15, -0.1) is 0 Å². The molecule has 3 saturated heterocycles. The number of fused-ring (bicyclic) bond motifs is 1. The van der Waals surface area contributed by atoms with Crippen LogP contribution in [0.5, 0.6) is 0 Å². The maximum Gasteiger partial charge on any atom is 0.0554 e. The maximum absolute atomic E-state index is 5.32. The van der Waals surface area contributed by atoms with E-state index < -0.39 is 0 Å². The summed E-state index contributed by atoms with van der Waals surface area (Å²) in [6.07, 6.45) is 0. The molecular weight excluding hydrogens is 303 g/mol. The summed E-state index contributed by atoms with van der Waals surface area (Å²) < 4.78 is 7.78. The molecule has 0 spiro atoms. The highest BCUT2D eigenvalue weighted by atomic mass is 127. The van der Waals surface area contributed by atoms with Crippen molar-refractivity contribution in [3.63, 3.8) is 0 Å². The van der Waals surface area contributed by atoms with E-state index in [1.54, 1.807) is 0 Å². The van der Waals surface area contributed by atoms with Gasteiger partial charge in [0.2, 0.25) is 0 Å². The summed E-state index contributed by atoms with van der Waals surface area (Å²) in [5, 5.41) is 0. The zero-order valence-electron chi connectivity index (χ0n) is 9.29. The van der Waals surface area contributed by atoms with Gasteiger partial charge in [0.05, 0.1) is 13.2 Å². The molecule has 0 aliphatic carbocycles. The van der Waals surface area contributed by atoms with Gasteiger partial charge in [0, 0.05) is 61.0 Å². The SMILES string of the molecule is CC1(CN2C[C@H]3CN(I)C[C@H]3C2)COC1. The van der Waals surface area contributed by atoms with Gasteiger partial charge >= 0.3 is 0 Å². The van der Waals surface area contributed by atoms with Crippen molar-refractivity contribution in [1.82, 2.24) is 8.01 Å². The fraction of sp³-hybridized carbons (Fsp3) is 1.00. The molecule has 15 heavy (non-hydrogen) atoms. The van der Waals surface area contributed by atoms with Crippen molar-refractivity contribution in [2.24, 2.45) is 17.3 Å². The smallest absolute Gasteiger partial charge is 0.0554 e. The second-order valence-corrected chi connectivity index (χ2v) is 7.21. The van der Waals surface area contributed by atoms with E-state index in [0.717, 1.165) is 25.0 Å². The van der Waals surface area contributed by atoms with Crippen LogP contribution in [0.15, 0.2) is 0 Å². The number of hydrogen-bond donors (Lipinski definition) is 0. The molecule has 0 amide bonds. The predicted octanol–water partition coefficient (Wildman–Crippen LogP) is 1.24. The predicted molar refractivity (Wildman–Crippen MR) is 67.9 cm³/mol. The van der Waals surface area contributed by atoms with Crippen LogP contribution in [0.4, 0.5) is 0 Å². The van der Waals surface area contributed by atoms with Crippen LogP contribution >= 0.6 is 22.9 Å². The number of likely N-dealkylation sites (tertiary alicyclic amines) is 1. The molecule has 86 valence electrons. The minimum atomic E-state index is 0.461. The van der Waals surface area contributed by atoms with Crippen LogP contribution in [0.1, 0.15) is 6.92 Å². The minimum absolute atomic E-state index is 0.461. The highest BCUT2D eigenvalue weighted by molar-refractivity contribution is 14.1. The van der Waals surface area contributed by atoms with Crippen molar-refractivity contribution in [3.8, 4) is 0 Å². The van der Waals surface area contributed by atoms with E-state index in [4.69, 9.17) is 4.74 Å². The van der Waals surface area contributed by atoms with Crippen molar-refractivity contribution < 1.29 is 4.74 Å². The molecule has 4 heteroatoms. The Hall–Kier alpha value is 0.610. The van der Waals surface area contributed by atoms with Gasteiger partial charge in [-0.1, -0.05) is 6.92 Å². The molecule has 2 atom stereocenters. The van der Waals surface area contributed by atoms with E-state index in [-0.39, 0.29) is 0 Å². The molecule has 0 aromatic carbocycles. The van der Waals surface area contributed by atoms with Crippen molar-refractivity contribution in [2.45, 2.75) is 6.92 Å². The van der Waals surface area contributed by atoms with Crippen LogP contribution in [0, 0.1) is 17.3 Å². The molecular formula is C11H19IN2O. The zero-order valence-corrected chi connectivity index (χ0v) is 11.4. The van der Waals surface area contributed by atoms with Gasteiger partial charge in [-0.25, -0.2) is 3.11 Å². The van der Waals surface area contributed by atoms with Crippen LogP contribution in [0.3, 0.4) is 0 Å². The van der Waals surface area contributed by atoms with Crippen molar-refractivity contribution in [3.05, 3.63) is 0 Å². The van der Waals surface area contributed by atoms with E-state index in [1.165, 1.54) is 32.7 Å². The first-order chi connectivity index (χ1) is 7.15. The molecule has 0 saturated carbocycles. The number of ether oxygens (including phenoxy) is 1. The Kier molecular flexibility index (Phi) is 2.74. The van der Waals surface area contributed by atoms with Gasteiger partial charge in [-0.2, -0.15) is 0 Å². The van der Waals surface area contributed by atoms with Crippen molar-refractivity contribution in [2.75, 3.05) is 45.9 Å². The lowest BCUT2D eigenvalue weighted by molar-refractivity contribution is -0.113. The molecule has 0 aromatic rings. The lowest BCUT2D eigenvalue weighted by atomic mass is 9.88. The average molecular weight is 322 g/mol. The molecule has 0 unspecified atom stereocenters. The van der Waals surface area contributed by atoms with E-state index in [1.807, 2.05) is 0 Å². The summed E-state index contributed by atoms with van der Waals surface area (Å²) in [4.78, 5) is 2.67. The van der Waals surface area contributed by atoms with Crippen LogP contribution < -0.4 is 0 Å². The second kappa shape index (κ2) is 3.82. The van der Waals surface area contributed by atoms with E-state index >= 15 is 0 Å². The van der Waals surface area contributed by atoms with Crippen molar-refractivity contribution >= 4 is 22.9 Å². The Morgan fingerprint density at radius 3 is 2.27 bits per heavy atom. The quantitative estimate of drug-likeness (QED) is 0.562. The first kappa shape index (κ1) is 10.7. The average Bonchev–Trinajstić information content (AvgIpc) is 2.58. The van der Waals surface area contributed by atoms with Crippen LogP contribution in [0.2, 0.25) is 0 Å². The van der Waals surface area contributed by atoms with Gasteiger partial charge in [0.25, 0.3) is 0 Å². The van der Waals surface area contributed by atoms with Crippen molar-refractivity contribution in [1.29, 1.82) is 0 Å². The molecule has 3 aliphatic rings. The number of hydrogen-bond acceptors (Lipinski definition) is 3. The van der Waals surface area contributed by atoms with E-state index in [9.17, 15) is 0 Å². The highest BCUT2D eigenvalue weighted by Crippen LogP contribution is 2.35. The highest BCUT2D eigenvalue weighted by Gasteiger charge is 2.43. The summed E-state index contributed by atoms with van der Waals surface area (Å²) in [6.45, 7) is 10.8. The monoisotopic (exact) mass is 322 g/mol. The summed E-state index contributed by atoms with van der Waals surface area (Å²) in [5.41, 5.74) is 0.461. The van der Waals surface area contributed by atoms with Crippen LogP contribution in [0.25, 0.3) is 0 Å². The third kappa shape index (κ3) is 2.06. The summed E-state index contributed by atoms with van der Waals surface area (Å²) in [5.74, 6) is 1.87. The standard InChI is InChI=1S/C11H19IN2O/c1-11(7-15-8-11)6-13-2-9-4-14(12)5-10(9)3-13/h9-10H,2-8H2,1H3/t9-,10+. The molecule has 0 N–H and O–H groups in total. The molecule has 0 bridgehead atoms. The third-order valence-electron chi connectivity index (χ3n) is 4.02. The second-order valence-electron chi connectivity index (χ2n) is 5.85. The first-order valence-corrected chi connectivity index (χ1v) is 6.82. The zero-order chi connectivity index (χ0) is 10.5. The molecule has 3 heterocycles. The largest absolute Gasteiger partial charge is 0.380 e. The molecule has 3 fully saturated rings. The van der Waals surface area contributed by atoms with Gasteiger partial charge in [0.1, 0.15) is 0 Å². The fourth-order valence-corrected chi connectivity index (χ4v) is 4.26. The summed E-state index contributed by atoms with van der Waals surface area (Å²) in [7, 11) is 0. The third-order valence-corrected chi connectivity index (χ3v) is 4.81. The normalized spacial score (nSPS) is 40.4. The van der Waals surface area contributed by atoms with E-state index in [0.29, 0.717) is 5.41 Å². The van der Waals surface area contributed by atoms with Crippen LogP contribution in [-0.2, 0) is 4.74 Å². The van der Waals surface area contributed by atoms with Gasteiger partial charge in [0.15, 0.2) is 0 Å². The van der Waals surface area contributed by atoms with Gasteiger partial charge < -0.3 is 9.64 Å². The first-order valence-electron chi connectivity index (χ1n) is 5.85. The molecule has 3 aliphatic heterocycles. The Morgan fingerprint density at radius 1 is 1.20 bits per heavy atom. The lowest BCUT2D eigenvalue weighted by Crippen LogP contribution is -2.48. The van der Waals surface area contributed by atoms with Gasteiger partial charge in [-0.05, 0) is 11.8 Å². The lowest BCUT2D eigenvalue weighted by Gasteiger charge is -2.41. The summed E-state index contributed by atoms with van der Waals surface area (Å²) in [6, 6.07) is 0. The fourth-order valence-electron chi connectivity index (χ4n) is 3.24. The molecule has 3 rings (SSSR count). The number of halogens is 1. The molecule has 0 radical (unpaired) electrons. The number of nitrogens with zero attached hydrogens (tertiary/aromatic N) is 2. The Bertz CT molecular complexity index is 243. The maximum atomic E-state index is 5.32.